The van der Waals surface area contributed by atoms with Crippen molar-refractivity contribution in [3.8, 4) is 17.3 Å². The van der Waals surface area contributed by atoms with Crippen LogP contribution in [-0.4, -0.2) is 57.1 Å². The Morgan fingerprint density at radius 1 is 1.32 bits per heavy atom. The lowest BCUT2D eigenvalue weighted by atomic mass is 10.2. The first-order valence-electron chi connectivity index (χ1n) is 10.1. The fourth-order valence-corrected chi connectivity index (χ4v) is 4.20. The average molecular weight is 441 g/mol. The minimum absolute atomic E-state index is 0.0644. The number of hydrogen-bond donors (Lipinski definition) is 2. The number of aliphatic hydroxyl groups excluding tert-OH is 1. The molecule has 9 nitrogen and oxygen atoms in total. The maximum atomic E-state index is 12.5. The van der Waals surface area contributed by atoms with E-state index in [0.29, 0.717) is 17.3 Å². The number of aryl methyl sites for hydroxylation is 2. The fourth-order valence-electron chi connectivity index (χ4n) is 3.52. The van der Waals surface area contributed by atoms with Crippen LogP contribution in [0.25, 0.3) is 11.5 Å². The van der Waals surface area contributed by atoms with E-state index < -0.39 is 0 Å². The lowest BCUT2D eigenvalue weighted by Gasteiger charge is -2.21. The maximum absolute atomic E-state index is 12.5. The number of carbonyl (C=O) groups is 1. The van der Waals surface area contributed by atoms with Crippen molar-refractivity contribution in [3.63, 3.8) is 0 Å². The van der Waals surface area contributed by atoms with Crippen LogP contribution in [0, 0.1) is 6.92 Å². The Kier molecular flexibility index (Phi) is 6.38. The van der Waals surface area contributed by atoms with Gasteiger partial charge in [0.25, 0.3) is 0 Å². The predicted molar refractivity (Wildman–Crippen MR) is 119 cm³/mol. The first-order chi connectivity index (χ1) is 15.0. The number of nitrogens with one attached hydrogen (secondary N) is 1. The molecule has 10 heteroatoms. The first kappa shape index (κ1) is 21.1. The third-order valence-electron chi connectivity index (χ3n) is 4.86. The van der Waals surface area contributed by atoms with Crippen molar-refractivity contribution in [2.24, 2.45) is 0 Å². The topological polar surface area (TPSA) is 113 Å². The molecule has 1 aliphatic rings. The Hall–Kier alpha value is -3.11. The van der Waals surface area contributed by atoms with E-state index in [2.05, 4.69) is 14.7 Å². The molecule has 0 spiro atoms. The summed E-state index contributed by atoms with van der Waals surface area (Å²) in [5.41, 5.74) is 3.54. The standard InChI is InChI=1S/C21H24N6O3S/c1-13-10-19(31-26-13)24-18(29)12-27(2)21-15-4-3-5-16(15)23-20(25-21)17-11-14(6-7-22-17)30-9-8-28/h6-7,10-11,28H,3-5,8-9,12H2,1-2H3,(H,24,29). The van der Waals surface area contributed by atoms with Crippen LogP contribution in [0.15, 0.2) is 24.4 Å². The zero-order valence-electron chi connectivity index (χ0n) is 17.5. The van der Waals surface area contributed by atoms with Crippen LogP contribution in [-0.2, 0) is 17.6 Å². The van der Waals surface area contributed by atoms with Gasteiger partial charge in [0, 0.05) is 30.6 Å². The van der Waals surface area contributed by atoms with Gasteiger partial charge in [-0.1, -0.05) is 0 Å². The Morgan fingerprint density at radius 2 is 2.19 bits per heavy atom. The van der Waals surface area contributed by atoms with Gasteiger partial charge in [0.1, 0.15) is 28.9 Å². The Morgan fingerprint density at radius 3 is 2.97 bits per heavy atom. The van der Waals surface area contributed by atoms with Crippen LogP contribution in [0.5, 0.6) is 5.75 Å². The van der Waals surface area contributed by atoms with Gasteiger partial charge in [-0.2, -0.15) is 4.37 Å². The van der Waals surface area contributed by atoms with E-state index in [-0.39, 0.29) is 25.7 Å². The fraction of sp³-hybridized carbons (Fsp3) is 0.381. The molecule has 0 saturated carbocycles. The van der Waals surface area contributed by atoms with E-state index in [1.165, 1.54) is 11.5 Å². The number of pyridine rings is 1. The van der Waals surface area contributed by atoms with Crippen molar-refractivity contribution in [1.29, 1.82) is 0 Å². The summed E-state index contributed by atoms with van der Waals surface area (Å²) < 4.78 is 9.67. The van der Waals surface area contributed by atoms with Crippen LogP contribution in [0.3, 0.4) is 0 Å². The van der Waals surface area contributed by atoms with Gasteiger partial charge in [0.05, 0.1) is 18.8 Å². The molecular formula is C21H24N6O3S. The summed E-state index contributed by atoms with van der Waals surface area (Å²) >= 11 is 1.27. The highest BCUT2D eigenvalue weighted by Crippen LogP contribution is 2.31. The molecule has 0 saturated heterocycles. The summed E-state index contributed by atoms with van der Waals surface area (Å²) in [7, 11) is 1.86. The number of carbonyl (C=O) groups excluding carboxylic acids is 1. The number of aliphatic hydroxyl groups is 1. The van der Waals surface area contributed by atoms with E-state index >= 15 is 0 Å². The van der Waals surface area contributed by atoms with E-state index in [9.17, 15) is 4.79 Å². The van der Waals surface area contributed by atoms with Gasteiger partial charge in [-0.3, -0.25) is 9.78 Å². The molecule has 1 amide bonds. The highest BCUT2D eigenvalue weighted by atomic mass is 32.1. The second kappa shape index (κ2) is 9.36. The van der Waals surface area contributed by atoms with Crippen molar-refractivity contribution in [1.82, 2.24) is 19.3 Å². The molecule has 0 aliphatic heterocycles. The Labute approximate surface area is 184 Å². The molecule has 0 radical (unpaired) electrons. The van der Waals surface area contributed by atoms with Crippen LogP contribution < -0.4 is 15.0 Å². The number of rotatable bonds is 8. The van der Waals surface area contributed by atoms with Gasteiger partial charge < -0.3 is 20.1 Å². The van der Waals surface area contributed by atoms with Gasteiger partial charge in [-0.15, -0.1) is 0 Å². The number of aromatic nitrogens is 4. The van der Waals surface area contributed by atoms with Crippen molar-refractivity contribution in [2.45, 2.75) is 26.2 Å². The van der Waals surface area contributed by atoms with E-state index in [1.807, 2.05) is 24.9 Å². The van der Waals surface area contributed by atoms with Crippen LogP contribution in [0.2, 0.25) is 0 Å². The smallest absolute Gasteiger partial charge is 0.244 e. The van der Waals surface area contributed by atoms with E-state index in [1.54, 1.807) is 18.3 Å². The van der Waals surface area contributed by atoms with Crippen molar-refractivity contribution >= 4 is 28.3 Å². The predicted octanol–water partition coefficient (Wildman–Crippen LogP) is 2.24. The summed E-state index contributed by atoms with van der Waals surface area (Å²) in [6.45, 7) is 2.19. The largest absolute Gasteiger partial charge is 0.491 e. The number of likely N-dealkylation sites (N-methyl/N-ethyl adjacent to an activating group) is 1. The van der Waals surface area contributed by atoms with Gasteiger partial charge in [0.15, 0.2) is 5.82 Å². The molecule has 1 aliphatic carbocycles. The molecule has 0 unspecified atom stereocenters. The zero-order chi connectivity index (χ0) is 21.8. The molecule has 0 bridgehead atoms. The highest BCUT2D eigenvalue weighted by molar-refractivity contribution is 7.10. The average Bonchev–Trinajstić information content (AvgIpc) is 3.40. The van der Waals surface area contributed by atoms with Gasteiger partial charge in [-0.25, -0.2) is 9.97 Å². The van der Waals surface area contributed by atoms with E-state index in [0.717, 1.165) is 47.0 Å². The number of anilines is 2. The number of fused-ring (bicyclic) bond motifs is 1. The number of amides is 1. The zero-order valence-corrected chi connectivity index (χ0v) is 18.3. The molecule has 3 aromatic heterocycles. The third-order valence-corrected chi connectivity index (χ3v) is 5.66. The van der Waals surface area contributed by atoms with Crippen LogP contribution in [0.1, 0.15) is 23.4 Å². The molecule has 3 heterocycles. The summed E-state index contributed by atoms with van der Waals surface area (Å²) in [6, 6.07) is 5.33. The van der Waals surface area contributed by atoms with Crippen LogP contribution >= 0.6 is 11.5 Å². The molecule has 162 valence electrons. The Bertz CT molecular complexity index is 1090. The minimum Gasteiger partial charge on any atom is -0.491 e. The highest BCUT2D eigenvalue weighted by Gasteiger charge is 2.23. The third kappa shape index (κ3) is 4.97. The molecule has 0 atom stereocenters. The molecule has 0 aromatic carbocycles. The van der Waals surface area contributed by atoms with Gasteiger partial charge in [-0.05, 0) is 49.9 Å². The van der Waals surface area contributed by atoms with Gasteiger partial charge >= 0.3 is 0 Å². The first-order valence-corrected chi connectivity index (χ1v) is 10.8. The SMILES string of the molecule is Cc1cc(NC(=O)CN(C)c2nc(-c3cc(OCCO)ccn3)nc3c2CCC3)sn1. The minimum atomic E-state index is -0.129. The number of ether oxygens (including phenoxy) is 1. The molecule has 3 aromatic rings. The number of nitrogens with zero attached hydrogens (tertiary/aromatic N) is 5. The maximum Gasteiger partial charge on any atom is 0.244 e. The Balaban J connectivity index is 1.57. The molecule has 0 fully saturated rings. The summed E-state index contributed by atoms with van der Waals surface area (Å²) in [5.74, 6) is 1.71. The lowest BCUT2D eigenvalue weighted by molar-refractivity contribution is -0.114. The summed E-state index contributed by atoms with van der Waals surface area (Å²) in [6.07, 6.45) is 4.40. The molecule has 4 rings (SSSR count). The summed E-state index contributed by atoms with van der Waals surface area (Å²) in [4.78, 5) is 28.3. The van der Waals surface area contributed by atoms with Crippen molar-refractivity contribution < 1.29 is 14.6 Å². The summed E-state index contributed by atoms with van der Waals surface area (Å²) in [5, 5.41) is 12.6. The normalized spacial score (nSPS) is 12.5. The number of hydrogen-bond acceptors (Lipinski definition) is 9. The van der Waals surface area contributed by atoms with E-state index in [4.69, 9.17) is 19.8 Å². The molecular weight excluding hydrogens is 416 g/mol. The lowest BCUT2D eigenvalue weighted by Crippen LogP contribution is -2.31. The van der Waals surface area contributed by atoms with Crippen molar-refractivity contribution in [2.75, 3.05) is 37.0 Å². The second-order valence-corrected chi connectivity index (χ2v) is 8.14. The van der Waals surface area contributed by atoms with Crippen molar-refractivity contribution in [3.05, 3.63) is 41.3 Å². The monoisotopic (exact) mass is 440 g/mol. The van der Waals surface area contributed by atoms with Crippen LogP contribution in [0.4, 0.5) is 10.8 Å². The molecule has 31 heavy (non-hydrogen) atoms. The molecule has 2 N–H and O–H groups in total. The quantitative estimate of drug-likeness (QED) is 0.548. The van der Waals surface area contributed by atoms with Gasteiger partial charge in [0.2, 0.25) is 5.91 Å². The second-order valence-electron chi connectivity index (χ2n) is 7.34.